The van der Waals surface area contributed by atoms with Crippen LogP contribution in [0.4, 0.5) is 0 Å². The summed E-state index contributed by atoms with van der Waals surface area (Å²) in [6, 6.07) is 3.90. The van der Waals surface area contributed by atoms with E-state index < -0.39 is 5.97 Å². The van der Waals surface area contributed by atoms with Crippen LogP contribution in [-0.4, -0.2) is 34.2 Å². The molecule has 0 aromatic heterocycles. The van der Waals surface area contributed by atoms with Gasteiger partial charge in [0, 0.05) is 24.7 Å². The highest BCUT2D eigenvalue weighted by Crippen LogP contribution is 2.50. The molecule has 1 fully saturated rings. The summed E-state index contributed by atoms with van der Waals surface area (Å²) in [5.74, 6) is -0.0671. The lowest BCUT2D eigenvalue weighted by Crippen LogP contribution is -2.26. The van der Waals surface area contributed by atoms with Gasteiger partial charge in [-0.1, -0.05) is 19.9 Å². The smallest absolute Gasteiger partial charge is 0.308 e. The Morgan fingerprint density at radius 1 is 1.24 bits per heavy atom. The lowest BCUT2D eigenvalue weighted by atomic mass is 9.97. The van der Waals surface area contributed by atoms with Crippen molar-refractivity contribution in [2.45, 2.75) is 39.2 Å². The van der Waals surface area contributed by atoms with E-state index in [2.05, 4.69) is 18.7 Å². The first-order valence-electron chi connectivity index (χ1n) is 7.69. The maximum absolute atomic E-state index is 11.3. The van der Waals surface area contributed by atoms with Gasteiger partial charge in [0.05, 0.1) is 5.92 Å². The second-order valence-electron chi connectivity index (χ2n) is 6.76. The van der Waals surface area contributed by atoms with Crippen molar-refractivity contribution in [1.82, 2.24) is 4.90 Å². The molecule has 1 aliphatic heterocycles. The fraction of sp³-hybridized carbons (Fsp3) is 0.588. The van der Waals surface area contributed by atoms with Crippen molar-refractivity contribution >= 4 is 5.97 Å². The fourth-order valence-corrected chi connectivity index (χ4v) is 4.22. The van der Waals surface area contributed by atoms with E-state index in [4.69, 9.17) is 0 Å². The summed E-state index contributed by atoms with van der Waals surface area (Å²) in [7, 11) is 0. The zero-order valence-electron chi connectivity index (χ0n) is 12.8. The Morgan fingerprint density at radius 2 is 1.95 bits per heavy atom. The molecule has 4 atom stereocenters. The van der Waals surface area contributed by atoms with Gasteiger partial charge in [0.1, 0.15) is 5.75 Å². The largest absolute Gasteiger partial charge is 0.508 e. The van der Waals surface area contributed by atoms with Gasteiger partial charge in [-0.05, 0) is 42.4 Å². The number of fused-ring (bicyclic) bond motifs is 1. The Morgan fingerprint density at radius 3 is 2.57 bits per heavy atom. The average molecular weight is 289 g/mol. The normalized spacial score (nSPS) is 32.3. The molecule has 2 N–H and O–H groups in total. The number of carboxylic acid groups (broad SMARTS) is 1. The van der Waals surface area contributed by atoms with Crippen molar-refractivity contribution in [1.29, 1.82) is 0 Å². The lowest BCUT2D eigenvalue weighted by Gasteiger charge is -2.25. The third-order valence-corrected chi connectivity index (χ3v) is 5.28. The predicted octanol–water partition coefficient (Wildman–Crippen LogP) is 2.90. The molecule has 4 heteroatoms. The van der Waals surface area contributed by atoms with Gasteiger partial charge in [0.2, 0.25) is 0 Å². The first-order valence-corrected chi connectivity index (χ1v) is 7.69. The molecule has 0 bridgehead atoms. The Bertz CT molecular complexity index is 584. The third kappa shape index (κ3) is 2.22. The number of carboxylic acids is 1. The second-order valence-corrected chi connectivity index (χ2v) is 6.76. The van der Waals surface area contributed by atoms with Gasteiger partial charge >= 0.3 is 5.97 Å². The van der Waals surface area contributed by atoms with Crippen molar-refractivity contribution in [3.05, 3.63) is 28.8 Å². The summed E-state index contributed by atoms with van der Waals surface area (Å²) < 4.78 is 0. The molecular weight excluding hydrogens is 266 g/mol. The fourth-order valence-electron chi connectivity index (χ4n) is 4.22. The molecule has 1 aromatic carbocycles. The zero-order chi connectivity index (χ0) is 15.3. The standard InChI is InChI=1S/C17H23NO3/c1-9-4-5-14(19)16-13(6-10(2)15(9)16)18-7-11(3)12(8-18)17(20)21/h4-5,10-13,19H,6-8H2,1-3H3,(H,20,21). The minimum atomic E-state index is -0.704. The van der Waals surface area contributed by atoms with E-state index in [1.807, 2.05) is 13.0 Å². The van der Waals surface area contributed by atoms with Crippen molar-refractivity contribution in [2.75, 3.05) is 13.1 Å². The van der Waals surface area contributed by atoms with Crippen molar-refractivity contribution < 1.29 is 15.0 Å². The van der Waals surface area contributed by atoms with E-state index >= 15 is 0 Å². The summed E-state index contributed by atoms with van der Waals surface area (Å²) in [6.07, 6.45) is 0.965. The molecule has 114 valence electrons. The van der Waals surface area contributed by atoms with Gasteiger partial charge in [0.15, 0.2) is 0 Å². The Hall–Kier alpha value is -1.55. The van der Waals surface area contributed by atoms with Crippen molar-refractivity contribution in [2.24, 2.45) is 11.8 Å². The number of hydrogen-bond acceptors (Lipinski definition) is 3. The van der Waals surface area contributed by atoms with Crippen LogP contribution in [0, 0.1) is 18.8 Å². The van der Waals surface area contributed by atoms with Crippen LogP contribution in [0.1, 0.15) is 48.9 Å². The highest BCUT2D eigenvalue weighted by atomic mass is 16.4. The molecule has 1 aromatic rings. The summed E-state index contributed by atoms with van der Waals surface area (Å²) in [6.45, 7) is 7.67. The van der Waals surface area contributed by atoms with Crippen LogP contribution in [0.3, 0.4) is 0 Å². The molecule has 0 spiro atoms. The molecule has 1 saturated heterocycles. The SMILES string of the molecule is Cc1ccc(O)c2c1C(C)CC2N1CC(C)C(C(=O)O)C1. The van der Waals surface area contributed by atoms with Crippen LogP contribution in [0.2, 0.25) is 0 Å². The molecule has 2 aliphatic rings. The van der Waals surface area contributed by atoms with Crippen LogP contribution in [0.5, 0.6) is 5.75 Å². The molecule has 1 aliphatic carbocycles. The molecule has 3 rings (SSSR count). The number of hydrogen-bond donors (Lipinski definition) is 2. The van der Waals surface area contributed by atoms with E-state index in [-0.39, 0.29) is 17.9 Å². The highest BCUT2D eigenvalue weighted by Gasteiger charge is 2.42. The summed E-state index contributed by atoms with van der Waals surface area (Å²) in [5.41, 5.74) is 3.51. The topological polar surface area (TPSA) is 60.8 Å². The van der Waals surface area contributed by atoms with Crippen LogP contribution < -0.4 is 0 Å². The number of phenols is 1. The highest BCUT2D eigenvalue weighted by molar-refractivity contribution is 5.71. The van der Waals surface area contributed by atoms with Gasteiger partial charge in [-0.15, -0.1) is 0 Å². The number of likely N-dealkylation sites (tertiary alicyclic amines) is 1. The summed E-state index contributed by atoms with van der Waals surface area (Å²) in [4.78, 5) is 13.6. The van der Waals surface area contributed by atoms with E-state index in [9.17, 15) is 15.0 Å². The molecule has 1 heterocycles. The predicted molar refractivity (Wildman–Crippen MR) is 80.5 cm³/mol. The van der Waals surface area contributed by atoms with Crippen LogP contribution >= 0.6 is 0 Å². The van der Waals surface area contributed by atoms with Gasteiger partial charge in [-0.25, -0.2) is 0 Å². The van der Waals surface area contributed by atoms with Gasteiger partial charge in [-0.3, -0.25) is 9.69 Å². The van der Waals surface area contributed by atoms with Gasteiger partial charge < -0.3 is 10.2 Å². The van der Waals surface area contributed by atoms with Crippen molar-refractivity contribution in [3.8, 4) is 5.75 Å². The van der Waals surface area contributed by atoms with E-state index in [0.717, 1.165) is 18.5 Å². The zero-order valence-corrected chi connectivity index (χ0v) is 12.8. The number of carbonyl (C=O) groups is 1. The number of aromatic hydroxyl groups is 1. The van der Waals surface area contributed by atoms with E-state index in [1.165, 1.54) is 11.1 Å². The average Bonchev–Trinajstić information content (AvgIpc) is 2.95. The molecule has 4 nitrogen and oxygen atoms in total. The first-order chi connectivity index (χ1) is 9.90. The molecule has 4 unspecified atom stereocenters. The quantitative estimate of drug-likeness (QED) is 0.879. The van der Waals surface area contributed by atoms with Crippen LogP contribution in [0.15, 0.2) is 12.1 Å². The Balaban J connectivity index is 1.94. The maximum Gasteiger partial charge on any atom is 0.308 e. The molecule has 21 heavy (non-hydrogen) atoms. The minimum Gasteiger partial charge on any atom is -0.508 e. The first kappa shape index (κ1) is 14.4. The Labute approximate surface area is 125 Å². The molecule has 0 saturated carbocycles. The van der Waals surface area contributed by atoms with E-state index in [0.29, 0.717) is 18.2 Å². The monoisotopic (exact) mass is 289 g/mol. The molecule has 0 amide bonds. The number of phenolic OH excluding ortho intramolecular Hbond substituents is 1. The van der Waals surface area contributed by atoms with Crippen LogP contribution in [0.25, 0.3) is 0 Å². The van der Waals surface area contributed by atoms with E-state index in [1.54, 1.807) is 6.07 Å². The van der Waals surface area contributed by atoms with Crippen LogP contribution in [-0.2, 0) is 4.79 Å². The minimum absolute atomic E-state index is 0.154. The number of aliphatic carboxylic acids is 1. The number of benzene rings is 1. The lowest BCUT2D eigenvalue weighted by molar-refractivity contribution is -0.142. The van der Waals surface area contributed by atoms with Gasteiger partial charge in [-0.2, -0.15) is 0 Å². The molecular formula is C17H23NO3. The molecule has 0 radical (unpaired) electrons. The Kier molecular flexibility index (Phi) is 3.44. The summed E-state index contributed by atoms with van der Waals surface area (Å²) in [5, 5.41) is 19.6. The number of aryl methyl sites for hydroxylation is 1. The number of rotatable bonds is 2. The number of nitrogens with zero attached hydrogens (tertiary/aromatic N) is 1. The van der Waals surface area contributed by atoms with Gasteiger partial charge in [0.25, 0.3) is 0 Å². The third-order valence-electron chi connectivity index (χ3n) is 5.28. The van der Waals surface area contributed by atoms with Crippen molar-refractivity contribution in [3.63, 3.8) is 0 Å². The summed E-state index contributed by atoms with van der Waals surface area (Å²) >= 11 is 0. The maximum atomic E-state index is 11.3. The second kappa shape index (κ2) is 5.02.